The number of hydrogen-bond acceptors (Lipinski definition) is 4. The van der Waals surface area contributed by atoms with Crippen LogP contribution in [0, 0.1) is 6.92 Å². The zero-order chi connectivity index (χ0) is 14.9. The molecule has 1 unspecified atom stereocenters. The normalized spacial score (nSPS) is 13.3. The number of sulfonamides is 1. The molecule has 0 spiro atoms. The van der Waals surface area contributed by atoms with Gasteiger partial charge >= 0.3 is 0 Å². The number of halogens is 1. The highest BCUT2D eigenvalue weighted by Crippen LogP contribution is 2.27. The van der Waals surface area contributed by atoms with E-state index in [0.29, 0.717) is 17.0 Å². The van der Waals surface area contributed by atoms with E-state index in [4.69, 9.17) is 21.8 Å². The summed E-state index contributed by atoms with van der Waals surface area (Å²) in [6.07, 6.45) is 1.49. The van der Waals surface area contributed by atoms with Gasteiger partial charge in [-0.2, -0.15) is 0 Å². The molecule has 0 aliphatic rings. The summed E-state index contributed by atoms with van der Waals surface area (Å²) in [6.45, 7) is 3.33. The standard InChI is InChI=1S/C13H15ClN2O3S/c1-8-11(15)6-10(14)7-13(8)20(17,18)16-9(2)12-4-3-5-19-12/h3-7,9,16H,15H2,1-2H3. The zero-order valence-electron chi connectivity index (χ0n) is 11.1. The fourth-order valence-corrected chi connectivity index (χ4v) is 3.65. The number of benzene rings is 1. The first-order chi connectivity index (χ1) is 9.31. The second kappa shape index (κ2) is 5.47. The minimum atomic E-state index is -3.74. The summed E-state index contributed by atoms with van der Waals surface area (Å²) in [5.74, 6) is 0.529. The largest absolute Gasteiger partial charge is 0.468 e. The quantitative estimate of drug-likeness (QED) is 0.850. The van der Waals surface area contributed by atoms with Crippen LogP contribution in [-0.2, 0) is 10.0 Å². The van der Waals surface area contributed by atoms with Crippen LogP contribution in [0.25, 0.3) is 0 Å². The predicted molar refractivity (Wildman–Crippen MR) is 78.0 cm³/mol. The van der Waals surface area contributed by atoms with Gasteiger partial charge in [-0.15, -0.1) is 0 Å². The molecule has 2 aromatic rings. The SMILES string of the molecule is Cc1c(N)cc(Cl)cc1S(=O)(=O)NC(C)c1ccco1. The molecule has 0 aliphatic carbocycles. The molecule has 0 fully saturated rings. The molecule has 7 heteroatoms. The van der Waals surface area contributed by atoms with Crippen LogP contribution < -0.4 is 10.5 Å². The number of nitrogens with two attached hydrogens (primary N) is 1. The first-order valence-electron chi connectivity index (χ1n) is 5.92. The highest BCUT2D eigenvalue weighted by Gasteiger charge is 2.23. The Balaban J connectivity index is 2.36. The van der Waals surface area contributed by atoms with Crippen LogP contribution in [0.5, 0.6) is 0 Å². The van der Waals surface area contributed by atoms with Crippen LogP contribution in [0.3, 0.4) is 0 Å². The Bertz CT molecular complexity index is 711. The lowest BCUT2D eigenvalue weighted by Gasteiger charge is -2.15. The van der Waals surface area contributed by atoms with Gasteiger partial charge in [-0.1, -0.05) is 11.6 Å². The Morgan fingerprint density at radius 1 is 1.40 bits per heavy atom. The summed E-state index contributed by atoms with van der Waals surface area (Å²) in [6, 6.07) is 5.81. The van der Waals surface area contributed by atoms with Gasteiger partial charge in [0.25, 0.3) is 0 Å². The van der Waals surface area contributed by atoms with Crippen LogP contribution >= 0.6 is 11.6 Å². The van der Waals surface area contributed by atoms with E-state index in [1.807, 2.05) is 0 Å². The molecular weight excluding hydrogens is 300 g/mol. The van der Waals surface area contributed by atoms with Crippen LogP contribution in [0.1, 0.15) is 24.3 Å². The summed E-state index contributed by atoms with van der Waals surface area (Å²) in [4.78, 5) is 0.0703. The lowest BCUT2D eigenvalue weighted by Crippen LogP contribution is -2.27. The van der Waals surface area contributed by atoms with Gasteiger partial charge in [-0.25, -0.2) is 13.1 Å². The van der Waals surface area contributed by atoms with Crippen molar-refractivity contribution in [2.45, 2.75) is 24.8 Å². The number of anilines is 1. The van der Waals surface area contributed by atoms with Crippen LogP contribution in [0.4, 0.5) is 5.69 Å². The van der Waals surface area contributed by atoms with Crippen molar-refractivity contribution in [3.8, 4) is 0 Å². The maximum atomic E-state index is 12.4. The number of rotatable bonds is 4. The van der Waals surface area contributed by atoms with Gasteiger partial charge in [0.1, 0.15) is 5.76 Å². The number of hydrogen-bond donors (Lipinski definition) is 2. The third kappa shape index (κ3) is 2.98. The Kier molecular flexibility index (Phi) is 4.08. The molecule has 1 aromatic carbocycles. The molecule has 108 valence electrons. The van der Waals surface area contributed by atoms with Gasteiger partial charge in [0.05, 0.1) is 17.2 Å². The molecule has 20 heavy (non-hydrogen) atoms. The molecular formula is C13H15ClN2O3S. The molecule has 0 radical (unpaired) electrons. The Labute approximate surface area is 122 Å². The second-order valence-corrected chi connectivity index (χ2v) is 6.60. The average Bonchev–Trinajstić information content (AvgIpc) is 2.86. The second-order valence-electron chi connectivity index (χ2n) is 4.48. The minimum Gasteiger partial charge on any atom is -0.468 e. The molecule has 0 bridgehead atoms. The van der Waals surface area contributed by atoms with E-state index in [1.54, 1.807) is 26.0 Å². The number of nitrogen functional groups attached to an aromatic ring is 1. The van der Waals surface area contributed by atoms with E-state index in [1.165, 1.54) is 18.4 Å². The van der Waals surface area contributed by atoms with Crippen molar-refractivity contribution < 1.29 is 12.8 Å². The van der Waals surface area contributed by atoms with Gasteiger partial charge in [0.2, 0.25) is 10.0 Å². The molecule has 3 N–H and O–H groups in total. The van der Waals surface area contributed by atoms with E-state index in [0.717, 1.165) is 0 Å². The first-order valence-corrected chi connectivity index (χ1v) is 7.78. The van der Waals surface area contributed by atoms with Gasteiger partial charge in [0, 0.05) is 10.7 Å². The average molecular weight is 315 g/mol. The van der Waals surface area contributed by atoms with E-state index >= 15 is 0 Å². The van der Waals surface area contributed by atoms with Gasteiger partial charge < -0.3 is 10.2 Å². The maximum absolute atomic E-state index is 12.4. The van der Waals surface area contributed by atoms with Gasteiger partial charge in [-0.3, -0.25) is 0 Å². The number of nitrogens with one attached hydrogen (secondary N) is 1. The fraction of sp³-hybridized carbons (Fsp3) is 0.231. The summed E-state index contributed by atoms with van der Waals surface area (Å²) in [7, 11) is -3.74. The van der Waals surface area contributed by atoms with Crippen molar-refractivity contribution in [1.29, 1.82) is 0 Å². The van der Waals surface area contributed by atoms with Crippen molar-refractivity contribution in [3.05, 3.63) is 46.9 Å². The third-order valence-corrected chi connectivity index (χ3v) is 4.84. The topological polar surface area (TPSA) is 85.3 Å². The number of furan rings is 1. The molecule has 1 heterocycles. The fourth-order valence-electron chi connectivity index (χ4n) is 1.85. The summed E-state index contributed by atoms with van der Waals surface area (Å²) in [5.41, 5.74) is 6.55. The van der Waals surface area contributed by atoms with E-state index in [-0.39, 0.29) is 9.92 Å². The third-order valence-electron chi connectivity index (χ3n) is 2.96. The predicted octanol–water partition coefficient (Wildman–Crippen LogP) is 2.86. The van der Waals surface area contributed by atoms with Crippen molar-refractivity contribution >= 4 is 27.3 Å². The van der Waals surface area contributed by atoms with Gasteiger partial charge in [0.15, 0.2) is 0 Å². The summed E-state index contributed by atoms with van der Waals surface area (Å²) >= 11 is 5.87. The first kappa shape index (κ1) is 14.9. The Morgan fingerprint density at radius 2 is 2.10 bits per heavy atom. The molecule has 2 rings (SSSR count). The van der Waals surface area contributed by atoms with Crippen molar-refractivity contribution in [3.63, 3.8) is 0 Å². The summed E-state index contributed by atoms with van der Waals surface area (Å²) < 4.78 is 32.5. The molecule has 1 aromatic heterocycles. The zero-order valence-corrected chi connectivity index (χ0v) is 12.6. The highest BCUT2D eigenvalue weighted by molar-refractivity contribution is 7.89. The molecule has 0 aliphatic heterocycles. The van der Waals surface area contributed by atoms with Crippen molar-refractivity contribution in [2.24, 2.45) is 0 Å². The highest BCUT2D eigenvalue weighted by atomic mass is 35.5. The Hall–Kier alpha value is -1.50. The molecule has 0 saturated heterocycles. The lowest BCUT2D eigenvalue weighted by molar-refractivity contribution is 0.459. The molecule has 1 atom stereocenters. The van der Waals surface area contributed by atoms with Crippen molar-refractivity contribution in [1.82, 2.24) is 4.72 Å². The smallest absolute Gasteiger partial charge is 0.241 e. The molecule has 0 amide bonds. The monoisotopic (exact) mass is 314 g/mol. The lowest BCUT2D eigenvalue weighted by atomic mass is 10.2. The van der Waals surface area contributed by atoms with E-state index in [9.17, 15) is 8.42 Å². The molecule has 5 nitrogen and oxygen atoms in total. The minimum absolute atomic E-state index is 0.0703. The van der Waals surface area contributed by atoms with Crippen LogP contribution in [0.2, 0.25) is 5.02 Å². The van der Waals surface area contributed by atoms with Crippen molar-refractivity contribution in [2.75, 3.05) is 5.73 Å². The van der Waals surface area contributed by atoms with Crippen LogP contribution in [0.15, 0.2) is 39.8 Å². The molecule has 0 saturated carbocycles. The Morgan fingerprint density at radius 3 is 2.70 bits per heavy atom. The van der Waals surface area contributed by atoms with Crippen LogP contribution in [-0.4, -0.2) is 8.42 Å². The van der Waals surface area contributed by atoms with E-state index < -0.39 is 16.1 Å². The maximum Gasteiger partial charge on any atom is 0.241 e. The van der Waals surface area contributed by atoms with E-state index in [2.05, 4.69) is 4.72 Å². The summed E-state index contributed by atoms with van der Waals surface area (Å²) in [5, 5.41) is 0.277. The van der Waals surface area contributed by atoms with Gasteiger partial charge in [-0.05, 0) is 43.7 Å².